The van der Waals surface area contributed by atoms with Crippen molar-refractivity contribution in [1.29, 1.82) is 0 Å². The number of rotatable bonds is 6. The number of aromatic nitrogens is 2. The SMILES string of the molecule is CCCCN(CC)C(=O)c1cn(C)nc1-c1ccc2c(c1)OCCCO2. The van der Waals surface area contributed by atoms with E-state index in [9.17, 15) is 4.79 Å². The van der Waals surface area contributed by atoms with Gasteiger partial charge in [-0.25, -0.2) is 0 Å². The molecule has 26 heavy (non-hydrogen) atoms. The topological polar surface area (TPSA) is 56.6 Å². The molecule has 1 aliphatic heterocycles. The van der Waals surface area contributed by atoms with Gasteiger partial charge in [-0.1, -0.05) is 13.3 Å². The maximum atomic E-state index is 13.0. The largest absolute Gasteiger partial charge is 0.490 e. The molecular weight excluding hydrogens is 330 g/mol. The Morgan fingerprint density at radius 2 is 2.00 bits per heavy atom. The molecule has 0 fully saturated rings. The molecule has 0 saturated carbocycles. The Hall–Kier alpha value is -2.50. The van der Waals surface area contributed by atoms with E-state index in [4.69, 9.17) is 9.47 Å². The number of carbonyl (C=O) groups is 1. The summed E-state index contributed by atoms with van der Waals surface area (Å²) >= 11 is 0. The van der Waals surface area contributed by atoms with Gasteiger partial charge in [-0.15, -0.1) is 0 Å². The summed E-state index contributed by atoms with van der Waals surface area (Å²) in [7, 11) is 1.84. The Bertz CT molecular complexity index is 770. The average molecular weight is 357 g/mol. The van der Waals surface area contributed by atoms with Gasteiger partial charge in [0.2, 0.25) is 0 Å². The highest BCUT2D eigenvalue weighted by atomic mass is 16.5. The highest BCUT2D eigenvalue weighted by Crippen LogP contribution is 2.35. The molecule has 1 amide bonds. The van der Waals surface area contributed by atoms with E-state index in [1.807, 2.05) is 37.1 Å². The van der Waals surface area contributed by atoms with E-state index in [1.54, 1.807) is 10.9 Å². The zero-order valence-corrected chi connectivity index (χ0v) is 15.8. The lowest BCUT2D eigenvalue weighted by molar-refractivity contribution is 0.0763. The fourth-order valence-corrected chi connectivity index (χ4v) is 3.09. The minimum atomic E-state index is 0.0242. The molecule has 0 bridgehead atoms. The summed E-state index contributed by atoms with van der Waals surface area (Å²) in [6, 6.07) is 5.75. The lowest BCUT2D eigenvalue weighted by atomic mass is 10.1. The monoisotopic (exact) mass is 357 g/mol. The molecule has 0 N–H and O–H groups in total. The van der Waals surface area contributed by atoms with Gasteiger partial charge in [-0.3, -0.25) is 9.48 Å². The molecule has 6 heteroatoms. The minimum Gasteiger partial charge on any atom is -0.490 e. The van der Waals surface area contributed by atoms with Crippen LogP contribution >= 0.6 is 0 Å². The zero-order valence-electron chi connectivity index (χ0n) is 15.8. The molecule has 0 spiro atoms. The van der Waals surface area contributed by atoms with Crippen molar-refractivity contribution in [1.82, 2.24) is 14.7 Å². The van der Waals surface area contributed by atoms with E-state index >= 15 is 0 Å². The summed E-state index contributed by atoms with van der Waals surface area (Å²) in [4.78, 5) is 14.9. The lowest BCUT2D eigenvalue weighted by Gasteiger charge is -2.20. The first-order valence-corrected chi connectivity index (χ1v) is 9.37. The van der Waals surface area contributed by atoms with E-state index in [2.05, 4.69) is 12.0 Å². The second-order valence-electron chi connectivity index (χ2n) is 6.52. The van der Waals surface area contributed by atoms with Crippen LogP contribution in [0.5, 0.6) is 11.5 Å². The highest BCUT2D eigenvalue weighted by molar-refractivity contribution is 6.00. The van der Waals surface area contributed by atoms with Crippen molar-refractivity contribution in [2.24, 2.45) is 7.05 Å². The van der Waals surface area contributed by atoms with Crippen molar-refractivity contribution >= 4 is 5.91 Å². The van der Waals surface area contributed by atoms with Crippen molar-refractivity contribution in [3.05, 3.63) is 30.0 Å². The molecule has 2 heterocycles. The van der Waals surface area contributed by atoms with Gasteiger partial charge >= 0.3 is 0 Å². The maximum Gasteiger partial charge on any atom is 0.257 e. The molecule has 0 aliphatic carbocycles. The van der Waals surface area contributed by atoms with Crippen LogP contribution in [-0.2, 0) is 7.05 Å². The first-order chi connectivity index (χ1) is 12.6. The number of ether oxygens (including phenoxy) is 2. The Morgan fingerprint density at radius 1 is 1.23 bits per heavy atom. The molecule has 6 nitrogen and oxygen atoms in total. The van der Waals surface area contributed by atoms with Gasteiger partial charge in [0.15, 0.2) is 11.5 Å². The van der Waals surface area contributed by atoms with Crippen LogP contribution in [0.3, 0.4) is 0 Å². The number of carbonyl (C=O) groups excluding carboxylic acids is 1. The number of aryl methyl sites for hydroxylation is 1. The summed E-state index contributed by atoms with van der Waals surface area (Å²) in [5.74, 6) is 1.48. The Labute approximate surface area is 154 Å². The normalized spacial score (nSPS) is 13.3. The second-order valence-corrected chi connectivity index (χ2v) is 6.52. The Balaban J connectivity index is 1.94. The van der Waals surface area contributed by atoms with E-state index in [1.165, 1.54) is 0 Å². The van der Waals surface area contributed by atoms with Crippen LogP contribution in [-0.4, -0.2) is 46.9 Å². The molecular formula is C20H27N3O3. The molecule has 3 rings (SSSR count). The fourth-order valence-electron chi connectivity index (χ4n) is 3.09. The summed E-state index contributed by atoms with van der Waals surface area (Å²) in [6.07, 6.45) is 4.72. The van der Waals surface area contributed by atoms with Gasteiger partial charge in [0.05, 0.1) is 18.8 Å². The van der Waals surface area contributed by atoms with Crippen molar-refractivity contribution in [2.75, 3.05) is 26.3 Å². The number of hydrogen-bond acceptors (Lipinski definition) is 4. The standard InChI is InChI=1S/C20H27N3O3/c1-4-6-10-23(5-2)20(24)16-14-22(3)21-19(16)15-8-9-17-18(13-15)26-12-7-11-25-17/h8-9,13-14H,4-7,10-12H2,1-3H3. The van der Waals surface area contributed by atoms with Crippen molar-refractivity contribution in [2.45, 2.75) is 33.1 Å². The van der Waals surface area contributed by atoms with E-state index < -0.39 is 0 Å². The number of amides is 1. The molecule has 1 aromatic carbocycles. The van der Waals surface area contributed by atoms with Gasteiger partial charge in [0.1, 0.15) is 5.69 Å². The second kappa shape index (κ2) is 8.25. The van der Waals surface area contributed by atoms with Gasteiger partial charge in [-0.05, 0) is 31.5 Å². The van der Waals surface area contributed by atoms with Crippen LogP contribution < -0.4 is 9.47 Å². The van der Waals surface area contributed by atoms with Crippen LogP contribution in [0.2, 0.25) is 0 Å². The first kappa shape index (κ1) is 18.3. The summed E-state index contributed by atoms with van der Waals surface area (Å²) in [6.45, 7) is 6.88. The molecule has 1 aliphatic rings. The predicted octanol–water partition coefficient (Wildman–Crippen LogP) is 3.51. The molecule has 0 atom stereocenters. The zero-order chi connectivity index (χ0) is 18.5. The molecule has 0 unspecified atom stereocenters. The van der Waals surface area contributed by atoms with Crippen molar-refractivity contribution in [3.8, 4) is 22.8 Å². The van der Waals surface area contributed by atoms with Crippen LogP contribution in [0.1, 0.15) is 43.5 Å². The number of fused-ring (bicyclic) bond motifs is 1. The van der Waals surface area contributed by atoms with Crippen molar-refractivity contribution in [3.63, 3.8) is 0 Å². The van der Waals surface area contributed by atoms with E-state index in [-0.39, 0.29) is 5.91 Å². The van der Waals surface area contributed by atoms with E-state index in [0.717, 1.165) is 37.1 Å². The highest BCUT2D eigenvalue weighted by Gasteiger charge is 2.22. The quantitative estimate of drug-likeness (QED) is 0.794. The minimum absolute atomic E-state index is 0.0242. The number of nitrogens with zero attached hydrogens (tertiary/aromatic N) is 3. The summed E-state index contributed by atoms with van der Waals surface area (Å²) in [5, 5.41) is 4.54. The van der Waals surface area contributed by atoms with Gasteiger partial charge in [0.25, 0.3) is 5.91 Å². The Morgan fingerprint density at radius 3 is 2.73 bits per heavy atom. The maximum absolute atomic E-state index is 13.0. The van der Waals surface area contributed by atoms with Crippen LogP contribution in [0.15, 0.2) is 24.4 Å². The summed E-state index contributed by atoms with van der Waals surface area (Å²) in [5.41, 5.74) is 2.17. The van der Waals surface area contributed by atoms with E-state index in [0.29, 0.717) is 36.8 Å². The van der Waals surface area contributed by atoms with Crippen LogP contribution in [0, 0.1) is 0 Å². The third kappa shape index (κ3) is 3.84. The first-order valence-electron chi connectivity index (χ1n) is 9.37. The van der Waals surface area contributed by atoms with Crippen molar-refractivity contribution < 1.29 is 14.3 Å². The average Bonchev–Trinajstić information content (AvgIpc) is 2.88. The van der Waals surface area contributed by atoms with Gasteiger partial charge in [-0.2, -0.15) is 5.10 Å². The van der Waals surface area contributed by atoms with Crippen LogP contribution in [0.25, 0.3) is 11.3 Å². The number of unbranched alkanes of at least 4 members (excludes halogenated alkanes) is 1. The number of benzene rings is 1. The fraction of sp³-hybridized carbons (Fsp3) is 0.500. The third-order valence-electron chi connectivity index (χ3n) is 4.53. The smallest absolute Gasteiger partial charge is 0.257 e. The third-order valence-corrected chi connectivity index (χ3v) is 4.53. The lowest BCUT2D eigenvalue weighted by Crippen LogP contribution is -2.31. The molecule has 0 saturated heterocycles. The molecule has 0 radical (unpaired) electrons. The molecule has 2 aromatic rings. The van der Waals surface area contributed by atoms with Gasteiger partial charge in [0, 0.05) is 38.3 Å². The van der Waals surface area contributed by atoms with Gasteiger partial charge < -0.3 is 14.4 Å². The van der Waals surface area contributed by atoms with Crippen LogP contribution in [0.4, 0.5) is 0 Å². The predicted molar refractivity (Wildman–Crippen MR) is 101 cm³/mol. The Kier molecular flexibility index (Phi) is 5.81. The number of hydrogen-bond donors (Lipinski definition) is 0. The summed E-state index contributed by atoms with van der Waals surface area (Å²) < 4.78 is 13.2. The molecule has 140 valence electrons. The molecule has 1 aromatic heterocycles.